The Kier molecular flexibility index (Phi) is 30.4. The van der Waals surface area contributed by atoms with Gasteiger partial charge in [-0.3, -0.25) is 33.7 Å². The van der Waals surface area contributed by atoms with E-state index in [0.29, 0.717) is 106 Å². The molecule has 0 aromatic heterocycles. The van der Waals surface area contributed by atoms with E-state index >= 15 is 0 Å². The number of hydrogen-bond acceptors (Lipinski definition) is 14. The van der Waals surface area contributed by atoms with Crippen molar-refractivity contribution < 1.29 is 66.7 Å². The fourth-order valence-electron chi connectivity index (χ4n) is 5.39. The van der Waals surface area contributed by atoms with Crippen molar-refractivity contribution >= 4 is 35.4 Å². The van der Waals surface area contributed by atoms with Crippen molar-refractivity contribution in [3.05, 3.63) is 0 Å². The summed E-state index contributed by atoms with van der Waals surface area (Å²) in [7, 11) is 0. The third-order valence-electron chi connectivity index (χ3n) is 8.74. The standard InChI is InChI=1S/C40H73N5O14/c1-29(2)33-28-36(48)45(40(33)51)11-8-34(46)41-10-13-53-15-17-55-19-21-57-23-25-59-27-26-58-24-22-56-20-18-54-16-14-52-12-9-35(47)44-37(30(3)4)39(50)43-32(7)38(49)42-31(5)6/h29-33,37H,8-28H2,1-7H3,(H,41,46)(H,42,49)(H,43,50)(H,44,47)/t32-,33?,37-/m0/s1. The molecule has 0 radical (unpaired) electrons. The minimum atomic E-state index is -0.771. The second-order valence-corrected chi connectivity index (χ2v) is 14.9. The number of hydrogen-bond donors (Lipinski definition) is 4. The lowest BCUT2D eigenvalue weighted by Crippen LogP contribution is -2.55. The van der Waals surface area contributed by atoms with Crippen LogP contribution >= 0.6 is 0 Å². The highest BCUT2D eigenvalue weighted by Gasteiger charge is 2.39. The first-order valence-electron chi connectivity index (χ1n) is 20.9. The third-order valence-corrected chi connectivity index (χ3v) is 8.74. The van der Waals surface area contributed by atoms with Crippen LogP contribution in [0.4, 0.5) is 0 Å². The van der Waals surface area contributed by atoms with Crippen molar-refractivity contribution in [2.45, 2.75) is 85.9 Å². The molecular formula is C40H73N5O14. The van der Waals surface area contributed by atoms with Crippen LogP contribution in [0.15, 0.2) is 0 Å². The predicted octanol–water partition coefficient (Wildman–Crippen LogP) is 0.217. The number of likely N-dealkylation sites (tertiary alicyclic amines) is 1. The number of amides is 6. The quantitative estimate of drug-likeness (QED) is 0.0485. The number of rotatable bonds is 37. The molecule has 0 bridgehead atoms. The van der Waals surface area contributed by atoms with E-state index in [4.69, 9.17) is 37.9 Å². The van der Waals surface area contributed by atoms with Crippen molar-refractivity contribution in [3.63, 3.8) is 0 Å². The van der Waals surface area contributed by atoms with Gasteiger partial charge >= 0.3 is 0 Å². The van der Waals surface area contributed by atoms with Gasteiger partial charge < -0.3 is 59.2 Å². The largest absolute Gasteiger partial charge is 0.379 e. The van der Waals surface area contributed by atoms with Gasteiger partial charge in [0.2, 0.25) is 35.4 Å². The molecule has 1 fully saturated rings. The topological polar surface area (TPSA) is 228 Å². The van der Waals surface area contributed by atoms with E-state index in [9.17, 15) is 28.8 Å². The summed E-state index contributed by atoms with van der Waals surface area (Å²) in [6, 6.07) is -1.54. The van der Waals surface area contributed by atoms with Gasteiger partial charge in [-0.05, 0) is 32.6 Å². The molecule has 1 aliphatic rings. The summed E-state index contributed by atoms with van der Waals surface area (Å²) in [5.41, 5.74) is 0. The first-order chi connectivity index (χ1) is 28.2. The van der Waals surface area contributed by atoms with E-state index in [2.05, 4.69) is 21.3 Å². The lowest BCUT2D eigenvalue weighted by Gasteiger charge is -2.24. The van der Waals surface area contributed by atoms with Gasteiger partial charge in [0.15, 0.2) is 0 Å². The number of nitrogens with one attached hydrogen (secondary N) is 4. The summed E-state index contributed by atoms with van der Waals surface area (Å²) in [6.07, 6.45) is 0.375. The fraction of sp³-hybridized carbons (Fsp3) is 0.850. The second kappa shape index (κ2) is 33.4. The molecule has 1 heterocycles. The lowest BCUT2D eigenvalue weighted by atomic mass is 9.94. The Bertz CT molecular complexity index is 1210. The van der Waals surface area contributed by atoms with Crippen molar-refractivity contribution in [2.24, 2.45) is 17.8 Å². The maximum absolute atomic E-state index is 12.7. The Morgan fingerprint density at radius 2 is 1.00 bits per heavy atom. The highest BCUT2D eigenvalue weighted by atomic mass is 16.6. The maximum Gasteiger partial charge on any atom is 0.243 e. The first kappa shape index (κ1) is 53.7. The van der Waals surface area contributed by atoms with Crippen LogP contribution < -0.4 is 21.3 Å². The van der Waals surface area contributed by atoms with Crippen molar-refractivity contribution in [1.82, 2.24) is 26.2 Å². The molecule has 1 unspecified atom stereocenters. The van der Waals surface area contributed by atoms with Crippen LogP contribution in [-0.2, 0) is 66.7 Å². The molecule has 1 aliphatic heterocycles. The molecule has 19 heteroatoms. The van der Waals surface area contributed by atoms with Gasteiger partial charge in [-0.25, -0.2) is 0 Å². The minimum absolute atomic E-state index is 0.0465. The summed E-state index contributed by atoms with van der Waals surface area (Å²) < 4.78 is 43.7. The summed E-state index contributed by atoms with van der Waals surface area (Å²) in [6.45, 7) is 19.3. The van der Waals surface area contributed by atoms with E-state index in [0.717, 1.165) is 0 Å². The van der Waals surface area contributed by atoms with Crippen molar-refractivity contribution in [3.8, 4) is 0 Å². The Labute approximate surface area is 350 Å². The molecule has 19 nitrogen and oxygen atoms in total. The zero-order chi connectivity index (χ0) is 43.8. The molecule has 0 aliphatic carbocycles. The highest BCUT2D eigenvalue weighted by molar-refractivity contribution is 6.03. The van der Waals surface area contributed by atoms with Gasteiger partial charge in [0.1, 0.15) is 12.1 Å². The van der Waals surface area contributed by atoms with Crippen LogP contribution in [0.25, 0.3) is 0 Å². The van der Waals surface area contributed by atoms with Crippen LogP contribution in [0, 0.1) is 17.8 Å². The highest BCUT2D eigenvalue weighted by Crippen LogP contribution is 2.26. The van der Waals surface area contributed by atoms with E-state index in [1.54, 1.807) is 6.92 Å². The molecule has 6 amide bonds. The number of carbonyl (C=O) groups excluding carboxylic acids is 6. The molecule has 0 spiro atoms. The Morgan fingerprint density at radius 3 is 1.41 bits per heavy atom. The van der Waals surface area contributed by atoms with Gasteiger partial charge in [-0.2, -0.15) is 0 Å². The predicted molar refractivity (Wildman–Crippen MR) is 216 cm³/mol. The second-order valence-electron chi connectivity index (χ2n) is 14.9. The normalized spacial score (nSPS) is 15.3. The molecule has 1 saturated heterocycles. The molecule has 1 rings (SSSR count). The molecule has 3 atom stereocenters. The summed E-state index contributed by atoms with van der Waals surface area (Å²) in [5.74, 6) is -2.03. The van der Waals surface area contributed by atoms with Crippen LogP contribution in [0.2, 0.25) is 0 Å². The fourth-order valence-corrected chi connectivity index (χ4v) is 5.39. The van der Waals surface area contributed by atoms with Crippen molar-refractivity contribution in [2.75, 3.05) is 119 Å². The smallest absolute Gasteiger partial charge is 0.243 e. The van der Waals surface area contributed by atoms with Crippen LogP contribution in [0.5, 0.6) is 0 Å². The van der Waals surface area contributed by atoms with Gasteiger partial charge in [-0.15, -0.1) is 0 Å². The Hall–Kier alpha value is -3.30. The Balaban J connectivity index is 1.83. The number of ether oxygens (including phenoxy) is 8. The van der Waals surface area contributed by atoms with E-state index < -0.39 is 18.0 Å². The Morgan fingerprint density at radius 1 is 0.559 bits per heavy atom. The molecule has 59 heavy (non-hydrogen) atoms. The van der Waals surface area contributed by atoms with Crippen LogP contribution in [0.3, 0.4) is 0 Å². The van der Waals surface area contributed by atoms with Crippen LogP contribution in [-0.4, -0.2) is 177 Å². The third kappa shape index (κ3) is 26.5. The average Bonchev–Trinajstić information content (AvgIpc) is 3.47. The SMILES string of the molecule is CC(C)NC(=O)[C@H](C)NC(=O)[C@@H](NC(=O)CCOCCOCCOCCOCCOCCOCCOCCOCCNC(=O)CCN1C(=O)CC(C(C)C)C1=O)C(C)C. The molecule has 0 aromatic rings. The van der Waals surface area contributed by atoms with Crippen LogP contribution in [0.1, 0.15) is 67.7 Å². The summed E-state index contributed by atoms with van der Waals surface area (Å²) in [4.78, 5) is 74.8. The van der Waals surface area contributed by atoms with Gasteiger partial charge in [0.25, 0.3) is 0 Å². The minimum Gasteiger partial charge on any atom is -0.379 e. The van der Waals surface area contributed by atoms with Gasteiger partial charge in [0.05, 0.1) is 106 Å². The summed E-state index contributed by atoms with van der Waals surface area (Å²) in [5, 5.41) is 10.9. The zero-order valence-corrected chi connectivity index (χ0v) is 36.5. The van der Waals surface area contributed by atoms with E-state index in [1.807, 2.05) is 41.5 Å². The number of nitrogens with zero attached hydrogens (tertiary/aromatic N) is 1. The van der Waals surface area contributed by atoms with Gasteiger partial charge in [0, 0.05) is 44.3 Å². The van der Waals surface area contributed by atoms with Crippen molar-refractivity contribution in [1.29, 1.82) is 0 Å². The monoisotopic (exact) mass is 848 g/mol. The van der Waals surface area contributed by atoms with E-state index in [1.165, 1.54) is 4.90 Å². The zero-order valence-electron chi connectivity index (χ0n) is 36.5. The first-order valence-corrected chi connectivity index (χ1v) is 20.9. The lowest BCUT2D eigenvalue weighted by molar-refractivity contribution is -0.140. The molecule has 4 N–H and O–H groups in total. The number of carbonyl (C=O) groups is 6. The van der Waals surface area contributed by atoms with E-state index in [-0.39, 0.29) is 85.7 Å². The average molecular weight is 848 g/mol. The molecule has 0 aromatic carbocycles. The van der Waals surface area contributed by atoms with Gasteiger partial charge in [-0.1, -0.05) is 27.7 Å². The molecule has 342 valence electrons. The summed E-state index contributed by atoms with van der Waals surface area (Å²) >= 11 is 0. The molecule has 0 saturated carbocycles. The maximum atomic E-state index is 12.7. The molecular weight excluding hydrogens is 774 g/mol. The number of imide groups is 1.